The molecule has 0 heterocycles. The Labute approximate surface area is 426 Å². The highest BCUT2D eigenvalue weighted by atomic mass is 16.6. The van der Waals surface area contributed by atoms with Gasteiger partial charge in [-0.15, -0.1) is 0 Å². The van der Waals surface area contributed by atoms with Crippen molar-refractivity contribution >= 4 is 17.9 Å². The summed E-state index contributed by atoms with van der Waals surface area (Å²) in [5, 5.41) is 0. The highest BCUT2D eigenvalue weighted by Gasteiger charge is 2.19. The van der Waals surface area contributed by atoms with Crippen molar-refractivity contribution in [3.63, 3.8) is 0 Å². The monoisotopic (exact) mass is 961 g/mol. The number of unbranched alkanes of at least 4 members (excludes halogenated alkanes) is 28. The minimum absolute atomic E-state index is 0.0984. The van der Waals surface area contributed by atoms with Crippen LogP contribution in [0.25, 0.3) is 0 Å². The SMILES string of the molecule is CC/C=C\C/C=C\C/C=C\C/C=C\C/C=C\CC(=O)OC(COC(=O)CCCCCCCCCCC)COC(=O)CCCCCCCCCCCCCCCCC/C=C\C/C=C\CCCCCCC. The van der Waals surface area contributed by atoms with Crippen LogP contribution >= 0.6 is 0 Å². The summed E-state index contributed by atoms with van der Waals surface area (Å²) in [5.74, 6) is -1.04. The van der Waals surface area contributed by atoms with E-state index in [-0.39, 0.29) is 31.6 Å². The van der Waals surface area contributed by atoms with Crippen molar-refractivity contribution in [3.05, 3.63) is 85.1 Å². The average molecular weight is 962 g/mol. The predicted molar refractivity (Wildman–Crippen MR) is 297 cm³/mol. The molecule has 0 saturated carbocycles. The van der Waals surface area contributed by atoms with Crippen molar-refractivity contribution in [2.24, 2.45) is 0 Å². The Balaban J connectivity index is 4.23. The van der Waals surface area contributed by atoms with Gasteiger partial charge >= 0.3 is 17.9 Å². The molecular formula is C63H108O6. The Bertz CT molecular complexity index is 1330. The molecule has 0 fully saturated rings. The highest BCUT2D eigenvalue weighted by Crippen LogP contribution is 2.16. The van der Waals surface area contributed by atoms with Crippen LogP contribution in [0.4, 0.5) is 0 Å². The first-order chi connectivity index (χ1) is 34.0. The number of allylic oxidation sites excluding steroid dienone is 13. The molecular weight excluding hydrogens is 853 g/mol. The van der Waals surface area contributed by atoms with E-state index in [2.05, 4.69) is 93.7 Å². The molecule has 0 aliphatic heterocycles. The first-order valence-corrected chi connectivity index (χ1v) is 29.1. The Morgan fingerprint density at radius 1 is 0.319 bits per heavy atom. The van der Waals surface area contributed by atoms with Crippen LogP contribution in [0.3, 0.4) is 0 Å². The van der Waals surface area contributed by atoms with Crippen LogP contribution in [0.15, 0.2) is 85.1 Å². The van der Waals surface area contributed by atoms with Crippen LogP contribution in [0, 0.1) is 0 Å². The second kappa shape index (κ2) is 57.2. The van der Waals surface area contributed by atoms with E-state index in [1.165, 1.54) is 161 Å². The van der Waals surface area contributed by atoms with Gasteiger partial charge in [-0.05, 0) is 77.0 Å². The third-order valence-electron chi connectivity index (χ3n) is 12.4. The molecule has 6 nitrogen and oxygen atoms in total. The number of ether oxygens (including phenoxy) is 3. The molecule has 1 unspecified atom stereocenters. The van der Waals surface area contributed by atoms with Crippen LogP contribution in [-0.2, 0) is 28.6 Å². The molecule has 0 amide bonds. The normalized spacial score (nSPS) is 12.7. The maximum atomic E-state index is 12.7. The van der Waals surface area contributed by atoms with E-state index >= 15 is 0 Å². The minimum Gasteiger partial charge on any atom is -0.462 e. The lowest BCUT2D eigenvalue weighted by atomic mass is 10.0. The number of hydrogen-bond acceptors (Lipinski definition) is 6. The Hall–Kier alpha value is -3.41. The van der Waals surface area contributed by atoms with Gasteiger partial charge in [0.05, 0.1) is 6.42 Å². The number of hydrogen-bond donors (Lipinski definition) is 0. The Kier molecular flexibility index (Phi) is 54.3. The van der Waals surface area contributed by atoms with Gasteiger partial charge in [-0.3, -0.25) is 14.4 Å². The summed E-state index contributed by atoms with van der Waals surface area (Å²) in [7, 11) is 0. The van der Waals surface area contributed by atoms with Gasteiger partial charge in [0.25, 0.3) is 0 Å². The third kappa shape index (κ3) is 55.4. The zero-order chi connectivity index (χ0) is 50.0. The Morgan fingerprint density at radius 2 is 0.609 bits per heavy atom. The fraction of sp³-hybridized carbons (Fsp3) is 0.730. The summed E-state index contributed by atoms with van der Waals surface area (Å²) in [4.78, 5) is 37.9. The topological polar surface area (TPSA) is 78.9 Å². The van der Waals surface area contributed by atoms with E-state index < -0.39 is 12.1 Å². The van der Waals surface area contributed by atoms with E-state index in [0.717, 1.165) is 77.0 Å². The van der Waals surface area contributed by atoms with Crippen LogP contribution < -0.4 is 0 Å². The second-order valence-corrected chi connectivity index (χ2v) is 19.2. The second-order valence-electron chi connectivity index (χ2n) is 19.2. The molecule has 69 heavy (non-hydrogen) atoms. The number of rotatable bonds is 52. The van der Waals surface area contributed by atoms with E-state index in [4.69, 9.17) is 14.2 Å². The molecule has 0 bridgehead atoms. The first-order valence-electron chi connectivity index (χ1n) is 29.1. The van der Waals surface area contributed by atoms with Crippen molar-refractivity contribution in [2.75, 3.05) is 13.2 Å². The molecule has 1 atom stereocenters. The molecule has 0 rings (SSSR count). The van der Waals surface area contributed by atoms with Crippen LogP contribution in [0.1, 0.15) is 278 Å². The molecule has 0 radical (unpaired) electrons. The molecule has 0 aliphatic carbocycles. The average Bonchev–Trinajstić information content (AvgIpc) is 3.35. The van der Waals surface area contributed by atoms with Gasteiger partial charge in [0.15, 0.2) is 6.10 Å². The lowest BCUT2D eigenvalue weighted by molar-refractivity contribution is -0.166. The van der Waals surface area contributed by atoms with E-state index in [1.807, 2.05) is 6.08 Å². The summed E-state index contributed by atoms with van der Waals surface area (Å²) in [5.41, 5.74) is 0. The van der Waals surface area contributed by atoms with Gasteiger partial charge in [0.2, 0.25) is 0 Å². The van der Waals surface area contributed by atoms with Gasteiger partial charge in [0.1, 0.15) is 13.2 Å². The summed E-state index contributed by atoms with van der Waals surface area (Å²) < 4.78 is 16.7. The summed E-state index contributed by atoms with van der Waals surface area (Å²) in [6.07, 6.45) is 74.8. The number of carbonyl (C=O) groups is 3. The lowest BCUT2D eigenvalue weighted by Gasteiger charge is -2.18. The fourth-order valence-electron chi connectivity index (χ4n) is 8.08. The lowest BCUT2D eigenvalue weighted by Crippen LogP contribution is -2.30. The maximum absolute atomic E-state index is 12.7. The molecule has 0 saturated heterocycles. The summed E-state index contributed by atoms with van der Waals surface area (Å²) >= 11 is 0. The van der Waals surface area contributed by atoms with E-state index in [0.29, 0.717) is 12.8 Å². The van der Waals surface area contributed by atoms with Crippen molar-refractivity contribution in [3.8, 4) is 0 Å². The van der Waals surface area contributed by atoms with Gasteiger partial charge in [-0.2, -0.15) is 0 Å². The van der Waals surface area contributed by atoms with Crippen LogP contribution in [-0.4, -0.2) is 37.2 Å². The maximum Gasteiger partial charge on any atom is 0.310 e. The van der Waals surface area contributed by atoms with Crippen molar-refractivity contribution in [1.82, 2.24) is 0 Å². The smallest absolute Gasteiger partial charge is 0.310 e. The van der Waals surface area contributed by atoms with Crippen LogP contribution in [0.5, 0.6) is 0 Å². The van der Waals surface area contributed by atoms with Crippen LogP contribution in [0.2, 0.25) is 0 Å². The van der Waals surface area contributed by atoms with E-state index in [1.54, 1.807) is 6.08 Å². The van der Waals surface area contributed by atoms with Crippen molar-refractivity contribution in [1.29, 1.82) is 0 Å². The largest absolute Gasteiger partial charge is 0.462 e. The Morgan fingerprint density at radius 3 is 0.957 bits per heavy atom. The molecule has 396 valence electrons. The fourth-order valence-corrected chi connectivity index (χ4v) is 8.08. The molecule has 0 aromatic carbocycles. The van der Waals surface area contributed by atoms with Crippen molar-refractivity contribution in [2.45, 2.75) is 284 Å². The van der Waals surface area contributed by atoms with Gasteiger partial charge in [-0.1, -0.05) is 266 Å². The first kappa shape index (κ1) is 65.6. The quantitative estimate of drug-likeness (QED) is 0.0262. The standard InChI is InChI=1S/C63H108O6/c1-4-7-10-13-16-19-21-23-25-26-27-28-29-30-31-32-33-34-35-36-38-39-41-44-47-50-53-56-62(65)68-59-60(58-67-61(64)55-52-49-46-43-18-15-12-9-6-3)69-63(66)57-54-51-48-45-42-40-37-24-22-20-17-14-11-8-5-2/h8,11,17,20-21,23-24,26-27,37,42,45,51,54,60H,4-7,9-10,12-16,18-19,22,25,28-36,38-41,43-44,46-50,52-53,55-59H2,1-3H3/b11-8-,20-17-,23-21-,27-26-,37-24-,45-42-,54-51-. The summed E-state index contributed by atoms with van der Waals surface area (Å²) in [6.45, 7) is 6.42. The molecule has 0 spiro atoms. The molecule has 0 aliphatic rings. The molecule has 6 heteroatoms. The van der Waals surface area contributed by atoms with Gasteiger partial charge in [0, 0.05) is 12.8 Å². The van der Waals surface area contributed by atoms with E-state index in [9.17, 15) is 14.4 Å². The molecule has 0 aromatic heterocycles. The predicted octanol–water partition coefficient (Wildman–Crippen LogP) is 19.5. The number of carbonyl (C=O) groups excluding carboxylic acids is 3. The zero-order valence-corrected chi connectivity index (χ0v) is 45.3. The number of esters is 3. The third-order valence-corrected chi connectivity index (χ3v) is 12.4. The van der Waals surface area contributed by atoms with Gasteiger partial charge in [-0.25, -0.2) is 0 Å². The molecule has 0 N–H and O–H groups in total. The van der Waals surface area contributed by atoms with Crippen molar-refractivity contribution < 1.29 is 28.6 Å². The van der Waals surface area contributed by atoms with Gasteiger partial charge < -0.3 is 14.2 Å². The zero-order valence-electron chi connectivity index (χ0n) is 45.3. The highest BCUT2D eigenvalue weighted by molar-refractivity contribution is 5.72. The minimum atomic E-state index is -0.828. The summed E-state index contributed by atoms with van der Waals surface area (Å²) in [6, 6.07) is 0. The molecule has 0 aromatic rings.